The molecule has 0 N–H and O–H groups in total. The smallest absolute Gasteiger partial charge is 0.227 e. The molecule has 1 aromatic carbocycles. The van der Waals surface area contributed by atoms with Crippen molar-refractivity contribution in [1.82, 2.24) is 9.88 Å². The average Bonchev–Trinajstić information content (AvgIpc) is 3.22. The summed E-state index contributed by atoms with van der Waals surface area (Å²) < 4.78 is 13.4. The van der Waals surface area contributed by atoms with Crippen LogP contribution in [0.15, 0.2) is 35.8 Å². The highest BCUT2D eigenvalue weighted by molar-refractivity contribution is 7.09. The highest BCUT2D eigenvalue weighted by atomic mass is 32.1. The number of halogens is 1. The number of anilines is 1. The van der Waals surface area contributed by atoms with Crippen LogP contribution in [-0.4, -0.2) is 35.4 Å². The van der Waals surface area contributed by atoms with Crippen molar-refractivity contribution in [2.45, 2.75) is 19.4 Å². The summed E-state index contributed by atoms with van der Waals surface area (Å²) in [4.78, 5) is 20.9. The Labute approximate surface area is 138 Å². The number of rotatable bonds is 3. The van der Waals surface area contributed by atoms with Crippen LogP contribution in [0.25, 0.3) is 0 Å². The fraction of sp³-hybridized carbons (Fsp3) is 0.412. The van der Waals surface area contributed by atoms with Gasteiger partial charge in [0.1, 0.15) is 10.8 Å². The van der Waals surface area contributed by atoms with Gasteiger partial charge in [-0.25, -0.2) is 9.37 Å². The second-order valence-corrected chi connectivity index (χ2v) is 7.50. The maximum atomic E-state index is 13.4. The minimum absolute atomic E-state index is 0.000655. The number of carbonyl (C=O) groups excluding carboxylic acids is 1. The van der Waals surface area contributed by atoms with E-state index in [1.54, 1.807) is 22.3 Å². The van der Waals surface area contributed by atoms with Crippen molar-refractivity contribution in [1.29, 1.82) is 0 Å². The highest BCUT2D eigenvalue weighted by Gasteiger charge is 2.47. The summed E-state index contributed by atoms with van der Waals surface area (Å²) in [5.41, 5.74) is 0.672. The quantitative estimate of drug-likeness (QED) is 0.868. The van der Waals surface area contributed by atoms with Gasteiger partial charge >= 0.3 is 0 Å². The third kappa shape index (κ3) is 2.88. The molecule has 23 heavy (non-hydrogen) atoms. The van der Waals surface area contributed by atoms with Crippen molar-refractivity contribution in [3.63, 3.8) is 0 Å². The van der Waals surface area contributed by atoms with Gasteiger partial charge in [0, 0.05) is 42.2 Å². The molecule has 1 spiro atoms. The van der Waals surface area contributed by atoms with Crippen LogP contribution in [0.4, 0.5) is 10.1 Å². The number of hydrogen-bond acceptors (Lipinski definition) is 4. The largest absolute Gasteiger partial charge is 0.312 e. The van der Waals surface area contributed by atoms with Crippen LogP contribution < -0.4 is 4.90 Å². The summed E-state index contributed by atoms with van der Waals surface area (Å²) in [6.45, 7) is 3.44. The Bertz CT molecular complexity index is 720. The topological polar surface area (TPSA) is 36.4 Å². The van der Waals surface area contributed by atoms with E-state index in [1.807, 2.05) is 17.6 Å². The Morgan fingerprint density at radius 2 is 2.26 bits per heavy atom. The zero-order chi connectivity index (χ0) is 15.9. The summed E-state index contributed by atoms with van der Waals surface area (Å²) in [6, 6.07) is 6.32. The summed E-state index contributed by atoms with van der Waals surface area (Å²) in [7, 11) is 0. The van der Waals surface area contributed by atoms with E-state index in [-0.39, 0.29) is 17.1 Å². The fourth-order valence-electron chi connectivity index (χ4n) is 3.73. The maximum absolute atomic E-state index is 13.4. The minimum Gasteiger partial charge on any atom is -0.312 e. The Balaban J connectivity index is 1.48. The van der Waals surface area contributed by atoms with Crippen molar-refractivity contribution in [3.05, 3.63) is 46.7 Å². The number of thiazole rings is 1. The van der Waals surface area contributed by atoms with Gasteiger partial charge in [0.15, 0.2) is 0 Å². The third-order valence-corrected chi connectivity index (χ3v) is 5.56. The first-order valence-electron chi connectivity index (χ1n) is 7.80. The van der Waals surface area contributed by atoms with Gasteiger partial charge < -0.3 is 4.90 Å². The number of aromatic nitrogens is 1. The molecule has 120 valence electrons. The second-order valence-electron chi connectivity index (χ2n) is 6.52. The standard InChI is InChI=1S/C17H18FN3OS/c18-13-2-1-3-14(8-13)21-12-17(9-16(21)22)4-6-20(11-17)10-15-19-5-7-23-15/h1-3,5,7-8H,4,6,9-12H2. The Kier molecular flexibility index (Phi) is 3.66. The van der Waals surface area contributed by atoms with E-state index in [0.717, 1.165) is 31.1 Å². The molecule has 0 saturated carbocycles. The number of likely N-dealkylation sites (tertiary alicyclic amines) is 1. The third-order valence-electron chi connectivity index (χ3n) is 4.80. The van der Waals surface area contributed by atoms with Gasteiger partial charge in [-0.1, -0.05) is 6.07 Å². The number of amides is 1. The molecule has 4 nitrogen and oxygen atoms in total. The van der Waals surface area contributed by atoms with E-state index in [9.17, 15) is 9.18 Å². The first-order valence-corrected chi connectivity index (χ1v) is 8.68. The molecule has 0 bridgehead atoms. The molecule has 3 heterocycles. The van der Waals surface area contributed by atoms with Crippen molar-refractivity contribution in [2.75, 3.05) is 24.5 Å². The molecule has 2 aliphatic rings. The lowest BCUT2D eigenvalue weighted by atomic mass is 9.86. The van der Waals surface area contributed by atoms with Gasteiger partial charge in [-0.3, -0.25) is 9.69 Å². The Morgan fingerprint density at radius 1 is 1.35 bits per heavy atom. The highest BCUT2D eigenvalue weighted by Crippen LogP contribution is 2.42. The van der Waals surface area contributed by atoms with Crippen LogP contribution in [-0.2, 0) is 11.3 Å². The van der Waals surface area contributed by atoms with E-state index in [2.05, 4.69) is 9.88 Å². The zero-order valence-electron chi connectivity index (χ0n) is 12.7. The van der Waals surface area contributed by atoms with Crippen molar-refractivity contribution in [3.8, 4) is 0 Å². The maximum Gasteiger partial charge on any atom is 0.227 e. The SMILES string of the molecule is O=C1CC2(CCN(Cc3nccs3)C2)CN1c1cccc(F)c1. The lowest BCUT2D eigenvalue weighted by Crippen LogP contribution is -2.31. The van der Waals surface area contributed by atoms with Crippen LogP contribution in [0, 0.1) is 11.2 Å². The van der Waals surface area contributed by atoms with Gasteiger partial charge in [-0.15, -0.1) is 11.3 Å². The molecule has 2 fully saturated rings. The molecule has 2 saturated heterocycles. The second kappa shape index (κ2) is 5.69. The van der Waals surface area contributed by atoms with Crippen LogP contribution in [0.1, 0.15) is 17.8 Å². The van der Waals surface area contributed by atoms with E-state index in [1.165, 1.54) is 12.1 Å². The number of nitrogens with zero attached hydrogens (tertiary/aromatic N) is 3. The summed E-state index contributed by atoms with van der Waals surface area (Å²) in [5.74, 6) is -0.195. The average molecular weight is 331 g/mol. The van der Waals surface area contributed by atoms with Crippen LogP contribution >= 0.6 is 11.3 Å². The summed E-state index contributed by atoms with van der Waals surface area (Å²) >= 11 is 1.67. The molecule has 1 aromatic heterocycles. The van der Waals surface area contributed by atoms with E-state index >= 15 is 0 Å². The monoisotopic (exact) mass is 331 g/mol. The van der Waals surface area contributed by atoms with Gasteiger partial charge in [0.05, 0.1) is 6.54 Å². The van der Waals surface area contributed by atoms with E-state index in [4.69, 9.17) is 0 Å². The molecule has 0 radical (unpaired) electrons. The molecule has 6 heteroatoms. The van der Waals surface area contributed by atoms with Crippen LogP contribution in [0.3, 0.4) is 0 Å². The number of benzene rings is 1. The predicted octanol–water partition coefficient (Wildman–Crippen LogP) is 2.91. The fourth-order valence-corrected chi connectivity index (χ4v) is 4.39. The van der Waals surface area contributed by atoms with Gasteiger partial charge in [0.2, 0.25) is 5.91 Å². The number of hydrogen-bond donors (Lipinski definition) is 0. The van der Waals surface area contributed by atoms with E-state index < -0.39 is 0 Å². The van der Waals surface area contributed by atoms with Crippen LogP contribution in [0.5, 0.6) is 0 Å². The molecule has 2 aliphatic heterocycles. The van der Waals surface area contributed by atoms with Crippen molar-refractivity contribution in [2.24, 2.45) is 5.41 Å². The molecule has 0 aliphatic carbocycles. The molecule has 1 unspecified atom stereocenters. The van der Waals surface area contributed by atoms with Crippen LogP contribution in [0.2, 0.25) is 0 Å². The van der Waals surface area contributed by atoms with Gasteiger partial charge in [0.25, 0.3) is 0 Å². The molecule has 4 rings (SSSR count). The van der Waals surface area contributed by atoms with Gasteiger partial charge in [-0.05, 0) is 31.2 Å². The lowest BCUT2D eigenvalue weighted by molar-refractivity contribution is -0.117. The van der Waals surface area contributed by atoms with Crippen molar-refractivity contribution >= 4 is 22.9 Å². The Morgan fingerprint density at radius 3 is 3.04 bits per heavy atom. The zero-order valence-corrected chi connectivity index (χ0v) is 13.6. The number of carbonyl (C=O) groups is 1. The molecule has 2 aromatic rings. The lowest BCUT2D eigenvalue weighted by Gasteiger charge is -2.24. The van der Waals surface area contributed by atoms with Gasteiger partial charge in [-0.2, -0.15) is 0 Å². The molecule has 1 amide bonds. The predicted molar refractivity (Wildman–Crippen MR) is 87.8 cm³/mol. The first kappa shape index (κ1) is 14.8. The normalized spacial score (nSPS) is 24.9. The molecular formula is C17H18FN3OS. The van der Waals surface area contributed by atoms with E-state index in [0.29, 0.717) is 18.7 Å². The molecule has 1 atom stereocenters. The van der Waals surface area contributed by atoms with Crippen molar-refractivity contribution < 1.29 is 9.18 Å². The summed E-state index contributed by atoms with van der Waals surface area (Å²) in [5, 5.41) is 3.11. The minimum atomic E-state index is -0.298. The first-order chi connectivity index (χ1) is 11.1. The summed E-state index contributed by atoms with van der Waals surface area (Å²) in [6.07, 6.45) is 3.39. The Hall–Kier alpha value is -1.79. The molecular weight excluding hydrogens is 313 g/mol.